The van der Waals surface area contributed by atoms with E-state index in [-0.39, 0.29) is 0 Å². The van der Waals surface area contributed by atoms with Crippen molar-refractivity contribution in [2.75, 3.05) is 6.61 Å². The maximum absolute atomic E-state index is 6.05. The molecule has 0 atom stereocenters. The van der Waals surface area contributed by atoms with Crippen molar-refractivity contribution in [3.05, 3.63) is 89.2 Å². The molecule has 160 valence electrons. The molecule has 1 aromatic heterocycles. The fourth-order valence-corrected chi connectivity index (χ4v) is 3.74. The molecule has 3 aromatic carbocycles. The molecule has 4 aromatic rings. The fraction of sp³-hybridized carbons (Fsp3) is 0.296. The van der Waals surface area contributed by atoms with E-state index in [0.29, 0.717) is 13.2 Å². The summed E-state index contributed by atoms with van der Waals surface area (Å²) in [4.78, 5) is 4.82. The minimum Gasteiger partial charge on any atom is -0.493 e. The molecule has 0 N–H and O–H groups in total. The first-order chi connectivity index (χ1) is 15.2. The van der Waals surface area contributed by atoms with Gasteiger partial charge < -0.3 is 14.0 Å². The highest BCUT2D eigenvalue weighted by Crippen LogP contribution is 2.22. The van der Waals surface area contributed by atoms with Gasteiger partial charge in [0.2, 0.25) is 0 Å². The lowest BCUT2D eigenvalue weighted by Crippen LogP contribution is -2.10. The van der Waals surface area contributed by atoms with Gasteiger partial charge in [-0.2, -0.15) is 0 Å². The average Bonchev–Trinajstić information content (AvgIpc) is 3.15. The molecule has 0 aliphatic rings. The predicted octanol–water partition coefficient (Wildman–Crippen LogP) is 6.26. The lowest BCUT2D eigenvalue weighted by molar-refractivity contribution is 0.279. The zero-order chi connectivity index (χ0) is 21.6. The largest absolute Gasteiger partial charge is 0.493 e. The Kier molecular flexibility index (Phi) is 6.56. The van der Waals surface area contributed by atoms with E-state index in [1.165, 1.54) is 16.7 Å². The van der Waals surface area contributed by atoms with Crippen LogP contribution in [0.1, 0.15) is 35.9 Å². The summed E-state index contributed by atoms with van der Waals surface area (Å²) < 4.78 is 14.4. The minimum atomic E-state index is 0.442. The van der Waals surface area contributed by atoms with Gasteiger partial charge in [0.15, 0.2) is 0 Å². The minimum absolute atomic E-state index is 0.442. The topological polar surface area (TPSA) is 36.3 Å². The Bertz CT molecular complexity index is 1150. The van der Waals surface area contributed by atoms with Crippen LogP contribution in [-0.2, 0) is 19.6 Å². The highest BCUT2D eigenvalue weighted by atomic mass is 16.5. The maximum Gasteiger partial charge on any atom is 0.147 e. The summed E-state index contributed by atoms with van der Waals surface area (Å²) in [7, 11) is 0. The summed E-state index contributed by atoms with van der Waals surface area (Å²) in [5.74, 6) is 2.77. The van der Waals surface area contributed by atoms with Crippen molar-refractivity contribution in [1.29, 1.82) is 0 Å². The lowest BCUT2D eigenvalue weighted by atomic mass is 10.1. The van der Waals surface area contributed by atoms with Gasteiger partial charge in [-0.3, -0.25) is 0 Å². The number of imidazole rings is 1. The number of aromatic nitrogens is 2. The van der Waals surface area contributed by atoms with Gasteiger partial charge in [-0.25, -0.2) is 4.98 Å². The van der Waals surface area contributed by atoms with Crippen molar-refractivity contribution in [3.63, 3.8) is 0 Å². The van der Waals surface area contributed by atoms with E-state index in [0.717, 1.165) is 47.7 Å². The van der Waals surface area contributed by atoms with E-state index >= 15 is 0 Å². The molecule has 0 saturated heterocycles. The second kappa shape index (κ2) is 9.69. The van der Waals surface area contributed by atoms with Crippen LogP contribution in [0.15, 0.2) is 66.7 Å². The monoisotopic (exact) mass is 414 g/mol. The molecular weight excluding hydrogens is 384 g/mol. The standard InChI is InChI=1S/C27H30N2O2/c1-4-22-13-15-23(16-14-22)31-19-27-28-24-10-5-6-11-25(24)29(27)17-8-18-30-26-12-7-9-20(2)21(26)3/h5-7,9-16H,4,8,17-19H2,1-3H3. The molecule has 0 spiro atoms. The zero-order valence-corrected chi connectivity index (χ0v) is 18.6. The molecule has 0 fully saturated rings. The number of aryl methyl sites for hydroxylation is 3. The normalized spacial score (nSPS) is 11.1. The fourth-order valence-electron chi connectivity index (χ4n) is 3.74. The van der Waals surface area contributed by atoms with E-state index in [2.05, 4.69) is 61.7 Å². The van der Waals surface area contributed by atoms with Crippen LogP contribution in [0.3, 0.4) is 0 Å². The Morgan fingerprint density at radius 3 is 2.48 bits per heavy atom. The van der Waals surface area contributed by atoms with Crippen molar-refractivity contribution in [1.82, 2.24) is 9.55 Å². The molecule has 4 heteroatoms. The Hall–Kier alpha value is -3.27. The molecular formula is C27H30N2O2. The molecule has 31 heavy (non-hydrogen) atoms. The third kappa shape index (κ3) is 4.91. The Balaban J connectivity index is 1.43. The molecule has 0 unspecified atom stereocenters. The number of rotatable bonds is 9. The number of benzene rings is 3. The first kappa shape index (κ1) is 21.0. The van der Waals surface area contributed by atoms with E-state index in [1.807, 2.05) is 30.3 Å². The van der Waals surface area contributed by atoms with Crippen LogP contribution in [0.25, 0.3) is 11.0 Å². The van der Waals surface area contributed by atoms with Gasteiger partial charge >= 0.3 is 0 Å². The number of fused-ring (bicyclic) bond motifs is 1. The molecule has 4 rings (SSSR count). The van der Waals surface area contributed by atoms with Crippen molar-refractivity contribution in [3.8, 4) is 11.5 Å². The van der Waals surface area contributed by atoms with Gasteiger partial charge in [0, 0.05) is 6.54 Å². The summed E-state index contributed by atoms with van der Waals surface area (Å²) in [5.41, 5.74) is 5.90. The number of para-hydroxylation sites is 2. The highest BCUT2D eigenvalue weighted by Gasteiger charge is 2.11. The van der Waals surface area contributed by atoms with Gasteiger partial charge in [0.05, 0.1) is 17.6 Å². The van der Waals surface area contributed by atoms with Gasteiger partial charge in [-0.15, -0.1) is 0 Å². The molecule has 0 bridgehead atoms. The zero-order valence-electron chi connectivity index (χ0n) is 18.6. The Morgan fingerprint density at radius 1 is 0.871 bits per heavy atom. The van der Waals surface area contributed by atoms with Crippen LogP contribution in [0, 0.1) is 13.8 Å². The highest BCUT2D eigenvalue weighted by molar-refractivity contribution is 5.75. The van der Waals surface area contributed by atoms with Crippen LogP contribution >= 0.6 is 0 Å². The smallest absolute Gasteiger partial charge is 0.147 e. The van der Waals surface area contributed by atoms with E-state index in [4.69, 9.17) is 14.5 Å². The first-order valence-corrected chi connectivity index (χ1v) is 11.0. The lowest BCUT2D eigenvalue weighted by Gasteiger charge is -2.13. The quantitative estimate of drug-likeness (QED) is 0.303. The van der Waals surface area contributed by atoms with E-state index < -0.39 is 0 Å². The van der Waals surface area contributed by atoms with Gasteiger partial charge in [0.25, 0.3) is 0 Å². The molecule has 0 amide bonds. The van der Waals surface area contributed by atoms with Crippen LogP contribution in [0.5, 0.6) is 11.5 Å². The third-order valence-corrected chi connectivity index (χ3v) is 5.77. The van der Waals surface area contributed by atoms with Gasteiger partial charge in [-0.05, 0) is 73.7 Å². The number of nitrogens with zero attached hydrogens (tertiary/aromatic N) is 2. The summed E-state index contributed by atoms with van der Waals surface area (Å²) >= 11 is 0. The number of ether oxygens (including phenoxy) is 2. The molecule has 1 heterocycles. The number of hydrogen-bond acceptors (Lipinski definition) is 3. The molecule has 0 radical (unpaired) electrons. The second-order valence-electron chi connectivity index (χ2n) is 7.85. The van der Waals surface area contributed by atoms with Crippen molar-refractivity contribution >= 4 is 11.0 Å². The molecule has 0 aliphatic heterocycles. The predicted molar refractivity (Wildman–Crippen MR) is 126 cm³/mol. The Morgan fingerprint density at radius 2 is 1.68 bits per heavy atom. The summed E-state index contributed by atoms with van der Waals surface area (Å²) in [6.07, 6.45) is 1.92. The molecule has 0 saturated carbocycles. The van der Waals surface area contributed by atoms with Crippen LogP contribution in [-0.4, -0.2) is 16.2 Å². The van der Waals surface area contributed by atoms with Crippen molar-refractivity contribution < 1.29 is 9.47 Å². The van der Waals surface area contributed by atoms with Crippen LogP contribution in [0.2, 0.25) is 0 Å². The van der Waals surface area contributed by atoms with E-state index in [1.54, 1.807) is 0 Å². The molecule has 4 nitrogen and oxygen atoms in total. The van der Waals surface area contributed by atoms with Crippen LogP contribution in [0.4, 0.5) is 0 Å². The van der Waals surface area contributed by atoms with Crippen LogP contribution < -0.4 is 9.47 Å². The summed E-state index contributed by atoms with van der Waals surface area (Å²) in [6.45, 7) is 8.31. The Labute approximate surface area is 184 Å². The average molecular weight is 415 g/mol. The van der Waals surface area contributed by atoms with Crippen molar-refractivity contribution in [2.45, 2.75) is 46.8 Å². The summed E-state index contributed by atoms with van der Waals surface area (Å²) in [6, 6.07) is 22.7. The summed E-state index contributed by atoms with van der Waals surface area (Å²) in [5, 5.41) is 0. The first-order valence-electron chi connectivity index (χ1n) is 11.0. The maximum atomic E-state index is 6.05. The number of hydrogen-bond donors (Lipinski definition) is 0. The van der Waals surface area contributed by atoms with Gasteiger partial charge in [0.1, 0.15) is 23.9 Å². The second-order valence-corrected chi connectivity index (χ2v) is 7.85. The van der Waals surface area contributed by atoms with Crippen molar-refractivity contribution in [2.24, 2.45) is 0 Å². The third-order valence-electron chi connectivity index (χ3n) is 5.77. The van der Waals surface area contributed by atoms with E-state index in [9.17, 15) is 0 Å². The molecule has 0 aliphatic carbocycles. The SMILES string of the molecule is CCc1ccc(OCc2nc3ccccc3n2CCCOc2cccc(C)c2C)cc1. The van der Waals surface area contributed by atoms with Gasteiger partial charge in [-0.1, -0.05) is 43.3 Å².